The molecular formula is C14H21NO3S. The Kier molecular flexibility index (Phi) is 4.28. The number of sulfonamides is 1. The van der Waals surface area contributed by atoms with E-state index in [1.54, 1.807) is 12.1 Å². The molecule has 0 bridgehead atoms. The summed E-state index contributed by atoms with van der Waals surface area (Å²) in [5, 5.41) is 9.44. The molecule has 0 unspecified atom stereocenters. The highest BCUT2D eigenvalue weighted by Gasteiger charge is 2.24. The average molecular weight is 283 g/mol. The van der Waals surface area contributed by atoms with Crippen LogP contribution < -0.4 is 4.72 Å². The second-order valence-corrected chi connectivity index (χ2v) is 7.16. The summed E-state index contributed by atoms with van der Waals surface area (Å²) in [5.41, 5.74) is 1.89. The van der Waals surface area contributed by atoms with Crippen molar-refractivity contribution < 1.29 is 13.5 Å². The van der Waals surface area contributed by atoms with Gasteiger partial charge in [-0.15, -0.1) is 0 Å². The molecule has 0 aliphatic heterocycles. The zero-order chi connectivity index (χ0) is 14.0. The fourth-order valence-corrected chi connectivity index (χ4v) is 4.06. The van der Waals surface area contributed by atoms with Gasteiger partial charge in [-0.3, -0.25) is 0 Å². The van der Waals surface area contributed by atoms with Crippen LogP contribution in [0.2, 0.25) is 0 Å². The minimum absolute atomic E-state index is 0.0609. The lowest BCUT2D eigenvalue weighted by Gasteiger charge is -2.26. The molecule has 1 saturated carbocycles. The zero-order valence-electron chi connectivity index (χ0n) is 11.4. The molecule has 1 aromatic carbocycles. The molecule has 0 spiro atoms. The molecule has 0 amide bonds. The van der Waals surface area contributed by atoms with Gasteiger partial charge in [0.2, 0.25) is 10.0 Å². The summed E-state index contributed by atoms with van der Waals surface area (Å²) in [6, 6.07) is 5.27. The van der Waals surface area contributed by atoms with Gasteiger partial charge in [0.25, 0.3) is 0 Å². The predicted molar refractivity (Wildman–Crippen MR) is 74.5 cm³/mol. The second-order valence-electron chi connectivity index (χ2n) is 5.45. The van der Waals surface area contributed by atoms with Crippen molar-refractivity contribution in [3.8, 4) is 0 Å². The van der Waals surface area contributed by atoms with Crippen LogP contribution in [0.3, 0.4) is 0 Å². The van der Waals surface area contributed by atoms with E-state index in [9.17, 15) is 13.5 Å². The van der Waals surface area contributed by atoms with Gasteiger partial charge in [0.05, 0.1) is 11.0 Å². The normalized spacial score (nSPS) is 24.4. The third-order valence-electron chi connectivity index (χ3n) is 3.52. The largest absolute Gasteiger partial charge is 0.393 e. The molecule has 106 valence electrons. The number of hydrogen-bond acceptors (Lipinski definition) is 3. The lowest BCUT2D eigenvalue weighted by Crippen LogP contribution is -2.38. The number of hydrogen-bond donors (Lipinski definition) is 2. The second kappa shape index (κ2) is 5.61. The summed E-state index contributed by atoms with van der Waals surface area (Å²) >= 11 is 0. The van der Waals surface area contributed by atoms with E-state index in [0.29, 0.717) is 30.6 Å². The van der Waals surface area contributed by atoms with Gasteiger partial charge < -0.3 is 5.11 Å². The van der Waals surface area contributed by atoms with E-state index in [1.165, 1.54) is 0 Å². The van der Waals surface area contributed by atoms with Crippen molar-refractivity contribution in [3.63, 3.8) is 0 Å². The van der Waals surface area contributed by atoms with Crippen molar-refractivity contribution in [2.45, 2.75) is 56.6 Å². The molecule has 4 nitrogen and oxygen atoms in total. The average Bonchev–Trinajstić information content (AvgIpc) is 2.31. The van der Waals surface area contributed by atoms with Crippen LogP contribution in [-0.2, 0) is 10.0 Å². The van der Waals surface area contributed by atoms with Crippen molar-refractivity contribution in [2.24, 2.45) is 0 Å². The number of benzene rings is 1. The predicted octanol–water partition coefficient (Wildman–Crippen LogP) is 1.89. The fraction of sp³-hybridized carbons (Fsp3) is 0.571. The molecule has 1 aliphatic carbocycles. The fourth-order valence-electron chi connectivity index (χ4n) is 2.57. The lowest BCUT2D eigenvalue weighted by atomic mass is 9.94. The van der Waals surface area contributed by atoms with E-state index in [4.69, 9.17) is 0 Å². The summed E-state index contributed by atoms with van der Waals surface area (Å²) < 4.78 is 27.4. The highest BCUT2D eigenvalue weighted by molar-refractivity contribution is 7.89. The van der Waals surface area contributed by atoms with E-state index in [0.717, 1.165) is 11.1 Å². The Bertz CT molecular complexity index is 526. The number of rotatable bonds is 3. The van der Waals surface area contributed by atoms with Crippen LogP contribution in [0.15, 0.2) is 23.1 Å². The molecule has 1 aliphatic rings. The summed E-state index contributed by atoms with van der Waals surface area (Å²) in [4.78, 5) is 0.330. The minimum Gasteiger partial charge on any atom is -0.393 e. The molecule has 1 aromatic rings. The van der Waals surface area contributed by atoms with E-state index < -0.39 is 10.0 Å². The Morgan fingerprint density at radius 1 is 1.05 bits per heavy atom. The van der Waals surface area contributed by atoms with Gasteiger partial charge in [0.1, 0.15) is 0 Å². The van der Waals surface area contributed by atoms with Crippen molar-refractivity contribution in [2.75, 3.05) is 0 Å². The molecule has 0 radical (unpaired) electrons. The van der Waals surface area contributed by atoms with Crippen LogP contribution in [0.1, 0.15) is 36.8 Å². The van der Waals surface area contributed by atoms with Gasteiger partial charge in [-0.25, -0.2) is 13.1 Å². The molecular weight excluding hydrogens is 262 g/mol. The Balaban J connectivity index is 2.14. The maximum Gasteiger partial charge on any atom is 0.240 e. The van der Waals surface area contributed by atoms with Crippen LogP contribution in [-0.4, -0.2) is 25.7 Å². The summed E-state index contributed by atoms with van der Waals surface area (Å²) in [6.07, 6.45) is 2.46. The van der Waals surface area contributed by atoms with Crippen molar-refractivity contribution in [1.29, 1.82) is 0 Å². The SMILES string of the molecule is Cc1cc(C)cc(S(=O)(=O)NC2CCC(O)CC2)c1. The highest BCUT2D eigenvalue weighted by atomic mass is 32.2. The molecule has 2 N–H and O–H groups in total. The van der Waals surface area contributed by atoms with Gasteiger partial charge in [-0.1, -0.05) is 6.07 Å². The first kappa shape index (κ1) is 14.5. The van der Waals surface area contributed by atoms with Gasteiger partial charge >= 0.3 is 0 Å². The number of aryl methyl sites for hydroxylation is 2. The van der Waals surface area contributed by atoms with Crippen molar-refractivity contribution in [1.82, 2.24) is 4.72 Å². The Morgan fingerprint density at radius 2 is 1.58 bits per heavy atom. The minimum atomic E-state index is -3.45. The molecule has 2 rings (SSSR count). The molecule has 0 aromatic heterocycles. The van der Waals surface area contributed by atoms with Crippen molar-refractivity contribution >= 4 is 10.0 Å². The third kappa shape index (κ3) is 3.78. The van der Waals surface area contributed by atoms with Crippen LogP contribution in [0.4, 0.5) is 0 Å². The van der Waals surface area contributed by atoms with E-state index in [1.807, 2.05) is 19.9 Å². The number of nitrogens with one attached hydrogen (secondary N) is 1. The van der Waals surface area contributed by atoms with Crippen LogP contribution >= 0.6 is 0 Å². The summed E-state index contributed by atoms with van der Waals surface area (Å²) in [5.74, 6) is 0. The summed E-state index contributed by atoms with van der Waals surface area (Å²) in [7, 11) is -3.45. The molecule has 0 saturated heterocycles. The van der Waals surface area contributed by atoms with Crippen LogP contribution in [0.25, 0.3) is 0 Å². The third-order valence-corrected chi connectivity index (χ3v) is 5.02. The Morgan fingerprint density at radius 3 is 2.11 bits per heavy atom. The van der Waals surface area contributed by atoms with E-state index >= 15 is 0 Å². The maximum absolute atomic E-state index is 12.3. The molecule has 19 heavy (non-hydrogen) atoms. The van der Waals surface area contributed by atoms with Gasteiger partial charge in [0.15, 0.2) is 0 Å². The topological polar surface area (TPSA) is 66.4 Å². The lowest BCUT2D eigenvalue weighted by molar-refractivity contribution is 0.120. The van der Waals surface area contributed by atoms with Crippen molar-refractivity contribution in [3.05, 3.63) is 29.3 Å². The quantitative estimate of drug-likeness (QED) is 0.890. The first-order valence-electron chi connectivity index (χ1n) is 6.65. The van der Waals surface area contributed by atoms with Gasteiger partial charge in [-0.05, 0) is 62.8 Å². The highest BCUT2D eigenvalue weighted by Crippen LogP contribution is 2.21. The number of aliphatic hydroxyl groups excluding tert-OH is 1. The monoisotopic (exact) mass is 283 g/mol. The molecule has 1 fully saturated rings. The molecule has 5 heteroatoms. The maximum atomic E-state index is 12.3. The zero-order valence-corrected chi connectivity index (χ0v) is 12.2. The first-order valence-corrected chi connectivity index (χ1v) is 8.14. The van der Waals surface area contributed by atoms with Gasteiger partial charge in [0, 0.05) is 6.04 Å². The Hall–Kier alpha value is -0.910. The summed E-state index contributed by atoms with van der Waals surface area (Å²) in [6.45, 7) is 3.78. The Labute approximate surface area is 114 Å². The smallest absolute Gasteiger partial charge is 0.240 e. The van der Waals surface area contributed by atoms with E-state index in [2.05, 4.69) is 4.72 Å². The van der Waals surface area contributed by atoms with Gasteiger partial charge in [-0.2, -0.15) is 0 Å². The van der Waals surface area contributed by atoms with Crippen LogP contribution in [0, 0.1) is 13.8 Å². The first-order chi connectivity index (χ1) is 8.87. The molecule has 0 atom stereocenters. The molecule has 0 heterocycles. The van der Waals surface area contributed by atoms with E-state index in [-0.39, 0.29) is 12.1 Å². The van der Waals surface area contributed by atoms with Crippen LogP contribution in [0.5, 0.6) is 0 Å². The number of aliphatic hydroxyl groups is 1. The standard InChI is InChI=1S/C14H21NO3S/c1-10-7-11(2)9-14(8-10)19(17,18)15-12-3-5-13(16)6-4-12/h7-9,12-13,15-16H,3-6H2,1-2H3.